The van der Waals surface area contributed by atoms with Crippen molar-refractivity contribution in [3.63, 3.8) is 0 Å². The molecule has 2 aromatic rings. The second-order valence-corrected chi connectivity index (χ2v) is 7.73. The molecule has 1 aliphatic carbocycles. The normalized spacial score (nSPS) is 18.4. The van der Waals surface area contributed by atoms with Gasteiger partial charge in [0.25, 0.3) is 0 Å². The minimum atomic E-state index is 0.746. The molecule has 0 spiro atoms. The molecule has 3 rings (SSSR count). The first kappa shape index (κ1) is 24.3. The van der Waals surface area contributed by atoms with Crippen LogP contribution in [0.1, 0.15) is 87.3 Å². The molecular weight excluding hydrogens is 340 g/mol. The summed E-state index contributed by atoms with van der Waals surface area (Å²) in [6, 6.07) is 9.08. The van der Waals surface area contributed by atoms with Crippen LogP contribution in [-0.4, -0.2) is 9.97 Å². The number of nitrogens with zero attached hydrogens (tertiary/aromatic N) is 2. The SMILES string of the molecule is CC.CC.Cc1ccc(CC2CCCC(Cc3nc(C)c(C)c(C)n3)C2)cc1. The van der Waals surface area contributed by atoms with E-state index >= 15 is 0 Å². The van der Waals surface area contributed by atoms with Gasteiger partial charge < -0.3 is 0 Å². The van der Waals surface area contributed by atoms with Crippen LogP contribution in [0.5, 0.6) is 0 Å². The average Bonchev–Trinajstić information content (AvgIpc) is 2.71. The van der Waals surface area contributed by atoms with E-state index in [0.717, 1.165) is 35.5 Å². The number of rotatable bonds is 4. The van der Waals surface area contributed by atoms with Crippen LogP contribution in [0.3, 0.4) is 0 Å². The molecule has 28 heavy (non-hydrogen) atoms. The number of aromatic nitrogens is 2. The molecule has 1 fully saturated rings. The maximum absolute atomic E-state index is 4.74. The molecule has 1 aromatic heterocycles. The Morgan fingerprint density at radius 1 is 0.750 bits per heavy atom. The predicted molar refractivity (Wildman–Crippen MR) is 123 cm³/mol. The van der Waals surface area contributed by atoms with E-state index in [1.165, 1.54) is 48.8 Å². The van der Waals surface area contributed by atoms with Gasteiger partial charge in [-0.15, -0.1) is 0 Å². The van der Waals surface area contributed by atoms with Crippen LogP contribution in [0, 0.1) is 39.5 Å². The van der Waals surface area contributed by atoms with Crippen LogP contribution in [0.2, 0.25) is 0 Å². The predicted octanol–water partition coefficient (Wildman–Crippen LogP) is 7.35. The first-order valence-electron chi connectivity index (χ1n) is 11.4. The van der Waals surface area contributed by atoms with Crippen LogP contribution in [0.15, 0.2) is 24.3 Å². The molecule has 2 atom stereocenters. The molecule has 0 amide bonds. The van der Waals surface area contributed by atoms with Crippen molar-refractivity contribution in [3.8, 4) is 0 Å². The largest absolute Gasteiger partial charge is 0.238 e. The third kappa shape index (κ3) is 7.37. The van der Waals surface area contributed by atoms with Crippen molar-refractivity contribution < 1.29 is 0 Å². The van der Waals surface area contributed by atoms with Crippen LogP contribution < -0.4 is 0 Å². The lowest BCUT2D eigenvalue weighted by Gasteiger charge is -2.29. The minimum absolute atomic E-state index is 0.746. The molecule has 2 unspecified atom stereocenters. The first-order valence-corrected chi connectivity index (χ1v) is 11.4. The lowest BCUT2D eigenvalue weighted by Crippen LogP contribution is -2.20. The number of hydrogen-bond donors (Lipinski definition) is 0. The molecule has 0 saturated heterocycles. The average molecular weight is 383 g/mol. The van der Waals surface area contributed by atoms with Gasteiger partial charge in [-0.25, -0.2) is 9.97 Å². The van der Waals surface area contributed by atoms with E-state index in [4.69, 9.17) is 9.97 Å². The van der Waals surface area contributed by atoms with Crippen molar-refractivity contribution in [3.05, 3.63) is 58.2 Å². The van der Waals surface area contributed by atoms with Gasteiger partial charge in [0.15, 0.2) is 0 Å². The Bertz CT molecular complexity index is 665. The molecule has 1 aromatic carbocycles. The molecule has 1 heterocycles. The highest BCUT2D eigenvalue weighted by Gasteiger charge is 2.23. The van der Waals surface area contributed by atoms with Crippen molar-refractivity contribution in [1.29, 1.82) is 0 Å². The van der Waals surface area contributed by atoms with Crippen molar-refractivity contribution in [2.24, 2.45) is 11.8 Å². The minimum Gasteiger partial charge on any atom is -0.238 e. The zero-order chi connectivity index (χ0) is 21.1. The summed E-state index contributed by atoms with van der Waals surface area (Å²) in [6.45, 7) is 16.5. The van der Waals surface area contributed by atoms with Gasteiger partial charge in [0, 0.05) is 17.8 Å². The fourth-order valence-corrected chi connectivity index (χ4v) is 4.02. The molecule has 0 radical (unpaired) electrons. The molecule has 2 nitrogen and oxygen atoms in total. The summed E-state index contributed by atoms with van der Waals surface area (Å²) in [4.78, 5) is 9.47. The summed E-state index contributed by atoms with van der Waals surface area (Å²) < 4.78 is 0. The van der Waals surface area contributed by atoms with Crippen LogP contribution in [-0.2, 0) is 12.8 Å². The maximum atomic E-state index is 4.74. The summed E-state index contributed by atoms with van der Waals surface area (Å²) in [7, 11) is 0. The second-order valence-electron chi connectivity index (χ2n) is 7.73. The van der Waals surface area contributed by atoms with Crippen molar-refractivity contribution in [2.45, 2.75) is 93.9 Å². The summed E-state index contributed by atoms with van der Waals surface area (Å²) in [5.74, 6) is 2.62. The Balaban J connectivity index is 0.000000921. The van der Waals surface area contributed by atoms with Crippen molar-refractivity contribution >= 4 is 0 Å². The Labute approximate surface area is 174 Å². The van der Waals surface area contributed by atoms with Crippen LogP contribution in [0.4, 0.5) is 0 Å². The molecular formula is C26H42N2. The van der Waals surface area contributed by atoms with Gasteiger partial charge in [0.05, 0.1) is 0 Å². The Kier molecular flexibility index (Phi) is 11.0. The highest BCUT2D eigenvalue weighted by Crippen LogP contribution is 2.33. The van der Waals surface area contributed by atoms with Gasteiger partial charge in [-0.2, -0.15) is 0 Å². The summed E-state index contributed by atoms with van der Waals surface area (Å²) >= 11 is 0. The highest BCUT2D eigenvalue weighted by atomic mass is 14.9. The number of aryl methyl sites for hydroxylation is 3. The third-order valence-corrected chi connectivity index (χ3v) is 5.69. The van der Waals surface area contributed by atoms with Crippen LogP contribution >= 0.6 is 0 Å². The Morgan fingerprint density at radius 2 is 1.25 bits per heavy atom. The summed E-state index contributed by atoms with van der Waals surface area (Å²) in [5.41, 5.74) is 6.36. The van der Waals surface area contributed by atoms with Gasteiger partial charge in [0.2, 0.25) is 0 Å². The van der Waals surface area contributed by atoms with E-state index in [1.807, 2.05) is 27.7 Å². The van der Waals surface area contributed by atoms with E-state index in [0.29, 0.717) is 0 Å². The Hall–Kier alpha value is -1.70. The molecule has 0 N–H and O–H groups in total. The fraction of sp³-hybridized carbons (Fsp3) is 0.615. The number of benzene rings is 1. The molecule has 156 valence electrons. The monoisotopic (exact) mass is 382 g/mol. The Morgan fingerprint density at radius 3 is 1.79 bits per heavy atom. The third-order valence-electron chi connectivity index (χ3n) is 5.69. The van der Waals surface area contributed by atoms with Crippen molar-refractivity contribution in [1.82, 2.24) is 9.97 Å². The van der Waals surface area contributed by atoms with E-state index in [2.05, 4.69) is 52.0 Å². The van der Waals surface area contributed by atoms with E-state index in [1.54, 1.807) is 0 Å². The molecule has 0 aliphatic heterocycles. The van der Waals surface area contributed by atoms with E-state index in [9.17, 15) is 0 Å². The van der Waals surface area contributed by atoms with Gasteiger partial charge in [-0.05, 0) is 69.9 Å². The van der Waals surface area contributed by atoms with Gasteiger partial charge in [-0.1, -0.05) is 70.4 Å². The molecule has 2 heteroatoms. The highest BCUT2D eigenvalue weighted by molar-refractivity contribution is 5.23. The standard InChI is InChI=1S/C22H30N2.2C2H6/c1-15-8-10-19(11-9-15)12-20-6-5-7-21(13-20)14-22-23-17(3)16(2)18(4)24-22;2*1-2/h8-11,20-21H,5-7,12-14H2,1-4H3;2*1-2H3. The number of hydrogen-bond acceptors (Lipinski definition) is 2. The lowest BCUT2D eigenvalue weighted by molar-refractivity contribution is 0.261. The lowest BCUT2D eigenvalue weighted by atomic mass is 9.77. The summed E-state index contributed by atoms with van der Waals surface area (Å²) in [5, 5.41) is 0. The van der Waals surface area contributed by atoms with Crippen molar-refractivity contribution in [2.75, 3.05) is 0 Å². The molecule has 1 aliphatic rings. The second kappa shape index (κ2) is 12.7. The summed E-state index contributed by atoms with van der Waals surface area (Å²) in [6.07, 6.45) is 7.65. The maximum Gasteiger partial charge on any atom is 0.129 e. The molecule has 0 bridgehead atoms. The smallest absolute Gasteiger partial charge is 0.129 e. The van der Waals surface area contributed by atoms with E-state index < -0.39 is 0 Å². The molecule has 1 saturated carbocycles. The van der Waals surface area contributed by atoms with Gasteiger partial charge in [0.1, 0.15) is 5.82 Å². The first-order chi connectivity index (χ1) is 13.5. The quantitative estimate of drug-likeness (QED) is 0.552. The van der Waals surface area contributed by atoms with Crippen LogP contribution in [0.25, 0.3) is 0 Å². The fourth-order valence-electron chi connectivity index (χ4n) is 4.02. The van der Waals surface area contributed by atoms with Gasteiger partial charge >= 0.3 is 0 Å². The zero-order valence-corrected chi connectivity index (χ0v) is 19.6. The zero-order valence-electron chi connectivity index (χ0n) is 19.6. The van der Waals surface area contributed by atoms with Gasteiger partial charge in [-0.3, -0.25) is 0 Å². The topological polar surface area (TPSA) is 25.8 Å². The van der Waals surface area contributed by atoms with E-state index in [-0.39, 0.29) is 0 Å².